The van der Waals surface area contributed by atoms with E-state index >= 15 is 0 Å². The lowest BCUT2D eigenvalue weighted by atomic mass is 10.1. The van der Waals surface area contributed by atoms with Crippen molar-refractivity contribution in [2.24, 2.45) is 0 Å². The minimum absolute atomic E-state index is 0.115. The number of anilines is 3. The Kier molecular flexibility index (Phi) is 5.73. The number of nitrogens with two attached hydrogens (primary N) is 1. The van der Waals surface area contributed by atoms with Crippen LogP contribution in [0.4, 0.5) is 35.7 Å². The second-order valence-corrected chi connectivity index (χ2v) is 7.25. The Labute approximate surface area is 180 Å². The van der Waals surface area contributed by atoms with E-state index in [2.05, 4.69) is 19.9 Å². The molecule has 2 atom stereocenters. The average molecular weight is 455 g/mol. The van der Waals surface area contributed by atoms with E-state index < -0.39 is 41.6 Å². The molecule has 4 heterocycles. The summed E-state index contributed by atoms with van der Waals surface area (Å²) in [5.74, 6) is -0.467. The Bertz CT molecular complexity index is 1010. The second-order valence-electron chi connectivity index (χ2n) is 7.25. The van der Waals surface area contributed by atoms with Gasteiger partial charge >= 0.3 is 12.3 Å². The van der Waals surface area contributed by atoms with Crippen LogP contribution in [0.15, 0.2) is 12.3 Å². The van der Waals surface area contributed by atoms with Crippen molar-refractivity contribution >= 4 is 23.8 Å². The molecule has 2 aliphatic rings. The molecule has 2 saturated heterocycles. The van der Waals surface area contributed by atoms with Crippen molar-refractivity contribution in [3.05, 3.63) is 18.0 Å². The predicted octanol–water partition coefficient (Wildman–Crippen LogP) is 1.08. The molecule has 2 aliphatic heterocycles. The van der Waals surface area contributed by atoms with Gasteiger partial charge in [0, 0.05) is 30.9 Å². The Hall–Kier alpha value is -3.26. The van der Waals surface area contributed by atoms with Crippen LogP contribution in [0.25, 0.3) is 11.3 Å². The third kappa shape index (κ3) is 4.23. The van der Waals surface area contributed by atoms with Gasteiger partial charge in [0.05, 0.1) is 25.0 Å². The summed E-state index contributed by atoms with van der Waals surface area (Å²) in [7, 11) is 0. The quantitative estimate of drug-likeness (QED) is 0.688. The summed E-state index contributed by atoms with van der Waals surface area (Å²) in [6.07, 6.45) is -5.71. The number of cyclic esters (lactones) is 1. The van der Waals surface area contributed by atoms with Gasteiger partial charge in [-0.05, 0) is 6.92 Å². The number of hydrogen-bond acceptors (Lipinski definition) is 10. The highest BCUT2D eigenvalue weighted by Crippen LogP contribution is 2.37. The van der Waals surface area contributed by atoms with Crippen LogP contribution in [-0.4, -0.2) is 76.2 Å². The molecule has 0 saturated carbocycles. The Balaban J connectivity index is 1.88. The standard InChI is InChI=1S/C18H20F3N7O4/c1-9(29)12-8-32-17(30)28(12)16-24-11(6-13(25-16)27-2-4-31-5-3-27)10-7-23-15(22)26-14(10)18(19,20)21/h6-7,9,12,29H,2-5,8H2,1H3,(H2,22,23,26)/t9-,12-/m0/s1. The van der Waals surface area contributed by atoms with Crippen molar-refractivity contribution in [2.75, 3.05) is 48.4 Å². The maximum atomic E-state index is 13.7. The van der Waals surface area contributed by atoms with Gasteiger partial charge in [0.2, 0.25) is 11.9 Å². The number of aliphatic hydroxyl groups is 1. The maximum Gasteiger partial charge on any atom is 0.434 e. The molecular weight excluding hydrogens is 435 g/mol. The van der Waals surface area contributed by atoms with Crippen LogP contribution in [0.3, 0.4) is 0 Å². The Morgan fingerprint density at radius 1 is 1.25 bits per heavy atom. The fourth-order valence-electron chi connectivity index (χ4n) is 3.44. The fourth-order valence-corrected chi connectivity index (χ4v) is 3.44. The molecule has 0 radical (unpaired) electrons. The number of amides is 1. The number of aliphatic hydroxyl groups excluding tert-OH is 1. The van der Waals surface area contributed by atoms with Crippen molar-refractivity contribution < 1.29 is 32.5 Å². The van der Waals surface area contributed by atoms with E-state index in [1.165, 1.54) is 13.0 Å². The second kappa shape index (κ2) is 8.35. The number of hydrogen-bond donors (Lipinski definition) is 2. The summed E-state index contributed by atoms with van der Waals surface area (Å²) in [5.41, 5.74) is 3.52. The Morgan fingerprint density at radius 2 is 1.97 bits per heavy atom. The lowest BCUT2D eigenvalue weighted by molar-refractivity contribution is -0.140. The number of morpholine rings is 1. The van der Waals surface area contributed by atoms with Crippen molar-refractivity contribution in [2.45, 2.75) is 25.2 Å². The molecule has 3 N–H and O–H groups in total. The van der Waals surface area contributed by atoms with Crippen LogP contribution >= 0.6 is 0 Å². The lowest BCUT2D eigenvalue weighted by Crippen LogP contribution is -2.42. The van der Waals surface area contributed by atoms with Gasteiger partial charge in [0.15, 0.2) is 5.69 Å². The normalized spacial score (nSPS) is 20.4. The molecule has 14 heteroatoms. The zero-order chi connectivity index (χ0) is 23.0. The van der Waals surface area contributed by atoms with E-state index in [1.807, 2.05) is 0 Å². The van der Waals surface area contributed by atoms with E-state index in [1.54, 1.807) is 4.90 Å². The number of carbonyl (C=O) groups excluding carboxylic acids is 1. The largest absolute Gasteiger partial charge is 0.447 e. The number of rotatable bonds is 4. The van der Waals surface area contributed by atoms with E-state index in [4.69, 9.17) is 15.2 Å². The molecule has 1 amide bonds. The monoisotopic (exact) mass is 455 g/mol. The summed E-state index contributed by atoms with van der Waals surface area (Å²) in [6, 6.07) is 0.553. The number of halogens is 3. The van der Waals surface area contributed by atoms with Gasteiger partial charge in [0.25, 0.3) is 0 Å². The molecule has 2 fully saturated rings. The van der Waals surface area contributed by atoms with E-state index in [0.717, 1.165) is 11.1 Å². The molecule has 172 valence electrons. The predicted molar refractivity (Wildman–Crippen MR) is 105 cm³/mol. The lowest BCUT2D eigenvalue weighted by Gasteiger charge is -2.29. The summed E-state index contributed by atoms with van der Waals surface area (Å²) < 4.78 is 51.3. The number of carbonyl (C=O) groups is 1. The smallest absolute Gasteiger partial charge is 0.434 e. The molecule has 32 heavy (non-hydrogen) atoms. The van der Waals surface area contributed by atoms with Crippen LogP contribution in [0, 0.1) is 0 Å². The number of alkyl halides is 3. The topological polar surface area (TPSA) is 140 Å². The first kappa shape index (κ1) is 22.0. The summed E-state index contributed by atoms with van der Waals surface area (Å²) in [4.78, 5) is 30.8. The van der Waals surface area contributed by atoms with Gasteiger partial charge < -0.3 is 25.2 Å². The van der Waals surface area contributed by atoms with Gasteiger partial charge in [0.1, 0.15) is 18.5 Å². The van der Waals surface area contributed by atoms with Gasteiger partial charge in [-0.1, -0.05) is 0 Å². The number of nitrogens with zero attached hydrogens (tertiary/aromatic N) is 6. The molecule has 2 aromatic rings. The molecule has 0 aromatic carbocycles. The molecule has 0 spiro atoms. The van der Waals surface area contributed by atoms with Crippen molar-refractivity contribution in [3.63, 3.8) is 0 Å². The number of nitrogen functional groups attached to an aromatic ring is 1. The van der Waals surface area contributed by atoms with Crippen LogP contribution in [0.5, 0.6) is 0 Å². The van der Waals surface area contributed by atoms with Gasteiger partial charge in [-0.25, -0.2) is 24.6 Å². The molecule has 2 aromatic heterocycles. The first-order chi connectivity index (χ1) is 15.1. The molecular formula is C18H20F3N7O4. The van der Waals surface area contributed by atoms with Crippen LogP contribution in [0.2, 0.25) is 0 Å². The van der Waals surface area contributed by atoms with Gasteiger partial charge in [-0.3, -0.25) is 0 Å². The number of ether oxygens (including phenoxy) is 2. The van der Waals surface area contributed by atoms with Gasteiger partial charge in [-0.2, -0.15) is 18.2 Å². The van der Waals surface area contributed by atoms with Crippen molar-refractivity contribution in [1.29, 1.82) is 0 Å². The number of aromatic nitrogens is 4. The van der Waals surface area contributed by atoms with E-state index in [9.17, 15) is 23.1 Å². The zero-order valence-corrected chi connectivity index (χ0v) is 16.9. The van der Waals surface area contributed by atoms with Crippen molar-refractivity contribution in [1.82, 2.24) is 19.9 Å². The molecule has 0 bridgehead atoms. The van der Waals surface area contributed by atoms with Crippen LogP contribution in [-0.2, 0) is 15.7 Å². The fraction of sp³-hybridized carbons (Fsp3) is 0.500. The molecule has 0 aliphatic carbocycles. The highest BCUT2D eigenvalue weighted by atomic mass is 19.4. The highest BCUT2D eigenvalue weighted by Gasteiger charge is 2.41. The first-order valence-electron chi connectivity index (χ1n) is 9.71. The van der Waals surface area contributed by atoms with E-state index in [-0.39, 0.29) is 24.1 Å². The average Bonchev–Trinajstić information content (AvgIpc) is 3.15. The molecule has 4 rings (SSSR count). The zero-order valence-electron chi connectivity index (χ0n) is 16.9. The highest BCUT2D eigenvalue weighted by molar-refractivity contribution is 5.89. The molecule has 0 unspecified atom stereocenters. The third-order valence-electron chi connectivity index (χ3n) is 5.07. The summed E-state index contributed by atoms with van der Waals surface area (Å²) in [6.45, 7) is 3.01. The summed E-state index contributed by atoms with van der Waals surface area (Å²) in [5, 5.41) is 10.0. The summed E-state index contributed by atoms with van der Waals surface area (Å²) >= 11 is 0. The van der Waals surface area contributed by atoms with Crippen molar-refractivity contribution in [3.8, 4) is 11.3 Å². The van der Waals surface area contributed by atoms with Crippen LogP contribution < -0.4 is 15.5 Å². The minimum Gasteiger partial charge on any atom is -0.447 e. The van der Waals surface area contributed by atoms with E-state index in [0.29, 0.717) is 26.3 Å². The first-order valence-corrected chi connectivity index (χ1v) is 9.71. The van der Waals surface area contributed by atoms with Gasteiger partial charge in [-0.15, -0.1) is 0 Å². The maximum absolute atomic E-state index is 13.7. The minimum atomic E-state index is -4.83. The Morgan fingerprint density at radius 3 is 2.62 bits per heavy atom. The third-order valence-corrected chi connectivity index (χ3v) is 5.07. The SMILES string of the molecule is C[C@H](O)[C@@H]1COC(=O)N1c1nc(-c2cnc(N)nc2C(F)(F)F)cc(N2CCOCC2)n1. The molecule has 11 nitrogen and oxygen atoms in total. The van der Waals surface area contributed by atoms with Crippen LogP contribution in [0.1, 0.15) is 12.6 Å².